The zero-order chi connectivity index (χ0) is 19.4. The molecule has 2 N–H and O–H groups in total. The first-order chi connectivity index (χ1) is 13.0. The second-order valence-corrected chi connectivity index (χ2v) is 5.92. The second kappa shape index (κ2) is 7.82. The average molecular weight is 367 g/mol. The molecule has 0 spiro atoms. The highest BCUT2D eigenvalue weighted by Crippen LogP contribution is 2.19. The van der Waals surface area contributed by atoms with Gasteiger partial charge in [0.15, 0.2) is 0 Å². The van der Waals surface area contributed by atoms with Crippen molar-refractivity contribution < 1.29 is 9.50 Å². The Balaban J connectivity index is 2.11. The summed E-state index contributed by atoms with van der Waals surface area (Å²) >= 11 is 0. The number of halogens is 1. The Kier molecular flexibility index (Phi) is 5.30. The van der Waals surface area contributed by atoms with Crippen molar-refractivity contribution in [3.05, 3.63) is 92.4 Å². The zero-order valence-corrected chi connectivity index (χ0v) is 14.6. The molecule has 3 aromatic rings. The van der Waals surface area contributed by atoms with Gasteiger partial charge in [-0.25, -0.2) is 9.18 Å². The van der Waals surface area contributed by atoms with E-state index < -0.39 is 22.9 Å². The number of aromatic hydroxyl groups is 1. The van der Waals surface area contributed by atoms with Crippen LogP contribution in [-0.4, -0.2) is 20.4 Å². The standard InChI is InChI=1S/C20H18FN3O3/c1-2-16(22-15-10-8-14(21)9-11-15)17-18(25)23-20(27)24(19(17)26)12-13-6-4-3-5-7-13/h3-11,26H,2,12H2,1H3,(H,23,25,27). The third-order valence-corrected chi connectivity index (χ3v) is 4.07. The smallest absolute Gasteiger partial charge is 0.331 e. The van der Waals surface area contributed by atoms with Gasteiger partial charge < -0.3 is 5.11 Å². The maximum atomic E-state index is 13.1. The van der Waals surface area contributed by atoms with E-state index in [1.165, 1.54) is 24.3 Å². The summed E-state index contributed by atoms with van der Waals surface area (Å²) in [6.45, 7) is 1.87. The van der Waals surface area contributed by atoms with Crippen LogP contribution in [0.5, 0.6) is 5.88 Å². The summed E-state index contributed by atoms with van der Waals surface area (Å²) in [5.41, 5.74) is 0.0284. The van der Waals surface area contributed by atoms with Gasteiger partial charge in [-0.3, -0.25) is 19.3 Å². The largest absolute Gasteiger partial charge is 0.494 e. The molecule has 0 aliphatic heterocycles. The first-order valence-corrected chi connectivity index (χ1v) is 8.43. The molecule has 0 radical (unpaired) electrons. The van der Waals surface area contributed by atoms with Crippen molar-refractivity contribution in [3.8, 4) is 5.88 Å². The summed E-state index contributed by atoms with van der Waals surface area (Å²) in [7, 11) is 0. The Labute approximate surface area is 154 Å². The minimum atomic E-state index is -0.718. The molecule has 0 saturated heterocycles. The van der Waals surface area contributed by atoms with Crippen LogP contribution in [0.2, 0.25) is 0 Å². The van der Waals surface area contributed by atoms with Gasteiger partial charge in [-0.1, -0.05) is 37.3 Å². The van der Waals surface area contributed by atoms with Crippen LogP contribution in [0.15, 0.2) is 69.2 Å². The lowest BCUT2D eigenvalue weighted by Crippen LogP contribution is -2.34. The van der Waals surface area contributed by atoms with Crippen molar-refractivity contribution in [1.29, 1.82) is 0 Å². The molecular formula is C20H18FN3O3. The van der Waals surface area contributed by atoms with Gasteiger partial charge in [-0.15, -0.1) is 0 Å². The molecule has 0 bridgehead atoms. The molecule has 0 amide bonds. The lowest BCUT2D eigenvalue weighted by molar-refractivity contribution is 0.408. The summed E-state index contributed by atoms with van der Waals surface area (Å²) in [6.07, 6.45) is 0.331. The van der Waals surface area contributed by atoms with E-state index in [-0.39, 0.29) is 12.1 Å². The number of aromatic amines is 1. The number of nitrogens with one attached hydrogen (secondary N) is 1. The molecule has 0 saturated carbocycles. The van der Waals surface area contributed by atoms with Gasteiger partial charge in [0.2, 0.25) is 5.88 Å². The average Bonchev–Trinajstić information content (AvgIpc) is 2.66. The van der Waals surface area contributed by atoms with Crippen LogP contribution in [0, 0.1) is 5.82 Å². The molecule has 27 heavy (non-hydrogen) atoms. The van der Waals surface area contributed by atoms with Crippen molar-refractivity contribution in [1.82, 2.24) is 9.55 Å². The van der Waals surface area contributed by atoms with Gasteiger partial charge >= 0.3 is 5.69 Å². The Morgan fingerprint density at radius 3 is 2.41 bits per heavy atom. The number of benzene rings is 2. The predicted molar refractivity (Wildman–Crippen MR) is 101 cm³/mol. The van der Waals surface area contributed by atoms with E-state index in [2.05, 4.69) is 9.98 Å². The van der Waals surface area contributed by atoms with E-state index >= 15 is 0 Å². The Hall–Kier alpha value is -3.48. The molecule has 0 aliphatic carbocycles. The number of H-pyrrole nitrogens is 1. The van der Waals surface area contributed by atoms with Crippen LogP contribution in [0.25, 0.3) is 0 Å². The van der Waals surface area contributed by atoms with Gasteiger partial charge in [0, 0.05) is 0 Å². The zero-order valence-electron chi connectivity index (χ0n) is 14.6. The maximum absolute atomic E-state index is 13.1. The first kappa shape index (κ1) is 18.3. The molecule has 138 valence electrons. The summed E-state index contributed by atoms with van der Waals surface area (Å²) in [5.74, 6) is -0.848. The van der Waals surface area contributed by atoms with Gasteiger partial charge in [0.05, 0.1) is 17.9 Å². The highest BCUT2D eigenvalue weighted by molar-refractivity contribution is 6.03. The minimum absolute atomic E-state index is 0.0719. The highest BCUT2D eigenvalue weighted by Gasteiger charge is 2.18. The normalized spacial score (nSPS) is 11.6. The third kappa shape index (κ3) is 4.03. The second-order valence-electron chi connectivity index (χ2n) is 5.92. The van der Waals surface area contributed by atoms with E-state index in [0.29, 0.717) is 17.8 Å². The van der Waals surface area contributed by atoms with Crippen LogP contribution in [0.3, 0.4) is 0 Å². The van der Waals surface area contributed by atoms with E-state index in [9.17, 15) is 19.1 Å². The molecule has 0 fully saturated rings. The number of nitrogens with zero attached hydrogens (tertiary/aromatic N) is 2. The molecular weight excluding hydrogens is 349 g/mol. The first-order valence-electron chi connectivity index (χ1n) is 8.43. The molecule has 0 aliphatic rings. The molecule has 0 unspecified atom stereocenters. The lowest BCUT2D eigenvalue weighted by atomic mass is 10.1. The van der Waals surface area contributed by atoms with Gasteiger partial charge in [0.25, 0.3) is 5.56 Å². The fourth-order valence-corrected chi connectivity index (χ4v) is 2.72. The molecule has 0 atom stereocenters. The Bertz CT molecular complexity index is 1080. The van der Waals surface area contributed by atoms with Crippen LogP contribution in [0.1, 0.15) is 24.5 Å². The molecule has 2 aromatic carbocycles. The summed E-state index contributed by atoms with van der Waals surface area (Å²) < 4.78 is 14.2. The number of hydrogen-bond acceptors (Lipinski definition) is 4. The van der Waals surface area contributed by atoms with Crippen molar-refractivity contribution in [2.75, 3.05) is 0 Å². The summed E-state index contributed by atoms with van der Waals surface area (Å²) in [5, 5.41) is 10.6. The SMILES string of the molecule is CCC(=Nc1ccc(F)cc1)c1c(O)n(Cc2ccccc2)c(=O)[nH]c1=O. The Morgan fingerprint density at radius 1 is 1.11 bits per heavy atom. The number of aliphatic imine (C=N–C) groups is 1. The fraction of sp³-hybridized carbons (Fsp3) is 0.150. The van der Waals surface area contributed by atoms with Crippen LogP contribution < -0.4 is 11.2 Å². The van der Waals surface area contributed by atoms with Crippen LogP contribution in [-0.2, 0) is 6.54 Å². The third-order valence-electron chi connectivity index (χ3n) is 4.07. The minimum Gasteiger partial charge on any atom is -0.494 e. The summed E-state index contributed by atoms with van der Waals surface area (Å²) in [4.78, 5) is 31.1. The molecule has 3 rings (SSSR count). The number of hydrogen-bond donors (Lipinski definition) is 2. The van der Waals surface area contributed by atoms with E-state index in [1.54, 1.807) is 6.92 Å². The van der Waals surface area contributed by atoms with Crippen molar-refractivity contribution >= 4 is 11.4 Å². The van der Waals surface area contributed by atoms with Crippen molar-refractivity contribution in [3.63, 3.8) is 0 Å². The van der Waals surface area contributed by atoms with Crippen molar-refractivity contribution in [2.45, 2.75) is 19.9 Å². The van der Waals surface area contributed by atoms with Gasteiger partial charge in [0.1, 0.15) is 11.4 Å². The Morgan fingerprint density at radius 2 is 1.78 bits per heavy atom. The van der Waals surface area contributed by atoms with Crippen LogP contribution >= 0.6 is 0 Å². The van der Waals surface area contributed by atoms with E-state index in [1.807, 2.05) is 30.3 Å². The van der Waals surface area contributed by atoms with Gasteiger partial charge in [-0.05, 0) is 36.2 Å². The fourth-order valence-electron chi connectivity index (χ4n) is 2.72. The quantitative estimate of drug-likeness (QED) is 0.680. The number of aromatic nitrogens is 2. The van der Waals surface area contributed by atoms with E-state index in [0.717, 1.165) is 10.1 Å². The molecule has 1 aromatic heterocycles. The predicted octanol–water partition coefficient (Wildman–Crippen LogP) is 2.96. The molecule has 6 nitrogen and oxygen atoms in total. The molecule has 1 heterocycles. The highest BCUT2D eigenvalue weighted by atomic mass is 19.1. The van der Waals surface area contributed by atoms with Gasteiger partial charge in [-0.2, -0.15) is 0 Å². The van der Waals surface area contributed by atoms with E-state index in [4.69, 9.17) is 0 Å². The van der Waals surface area contributed by atoms with Crippen LogP contribution in [0.4, 0.5) is 10.1 Å². The lowest BCUT2D eigenvalue weighted by Gasteiger charge is -2.12. The van der Waals surface area contributed by atoms with Crippen molar-refractivity contribution in [2.24, 2.45) is 4.99 Å². The monoisotopic (exact) mass is 367 g/mol. The maximum Gasteiger partial charge on any atom is 0.331 e. The number of rotatable bonds is 5. The molecule has 7 heteroatoms. The summed E-state index contributed by atoms with van der Waals surface area (Å²) in [6, 6.07) is 14.5. The topological polar surface area (TPSA) is 87.4 Å².